The summed E-state index contributed by atoms with van der Waals surface area (Å²) < 4.78 is 0. The number of aliphatic hydroxyl groups is 1. The zero-order valence-electron chi connectivity index (χ0n) is 18.8. The predicted octanol–water partition coefficient (Wildman–Crippen LogP) is 5.94. The Hall–Kier alpha value is -2.16. The summed E-state index contributed by atoms with van der Waals surface area (Å²) in [5, 5.41) is 17.1. The Morgan fingerprint density at radius 3 is 2.34 bits per heavy atom. The number of aliphatic imine (C=N–C) groups is 2. The topological polar surface area (TPSA) is 60.2 Å². The van der Waals surface area contributed by atoms with E-state index in [0.717, 1.165) is 28.1 Å². The summed E-state index contributed by atoms with van der Waals surface area (Å²) in [5.41, 5.74) is 3.51. The van der Waals surface area contributed by atoms with Crippen LogP contribution in [0.25, 0.3) is 0 Å². The minimum Gasteiger partial charge on any atom is -0.369 e. The quantitative estimate of drug-likeness (QED) is 0.425. The number of benzene rings is 3. The molecule has 0 bridgehead atoms. The summed E-state index contributed by atoms with van der Waals surface area (Å²) >= 11 is 3.22. The molecular weight excluding hydrogens is 519 g/mol. The number of rotatable bonds is 4. The Balaban J connectivity index is 0.00000144. The molecule has 1 saturated heterocycles. The summed E-state index contributed by atoms with van der Waals surface area (Å²) in [5.74, 6) is 1.10. The lowest BCUT2D eigenvalue weighted by Gasteiger charge is -2.38. The van der Waals surface area contributed by atoms with E-state index in [2.05, 4.69) is 64.8 Å². The van der Waals surface area contributed by atoms with Gasteiger partial charge in [-0.25, -0.2) is 4.99 Å². The summed E-state index contributed by atoms with van der Waals surface area (Å²) in [7, 11) is 0. The normalized spacial score (nSPS) is 24.2. The van der Waals surface area contributed by atoms with Crippen LogP contribution in [0, 0.1) is 0 Å². The fraction of sp³-hybridized carbons (Fsp3) is 0.231. The third-order valence-corrected chi connectivity index (χ3v) is 8.56. The lowest BCUT2D eigenvalue weighted by Crippen LogP contribution is -2.50. The van der Waals surface area contributed by atoms with Gasteiger partial charge in [0.25, 0.3) is 0 Å². The molecule has 3 atom stereocenters. The lowest BCUT2D eigenvalue weighted by atomic mass is 9.93. The number of fused-ring (bicyclic) bond motifs is 2. The molecule has 3 aliphatic rings. The smallest absolute Gasteiger partial charge is 0.162 e. The van der Waals surface area contributed by atoms with Gasteiger partial charge < -0.3 is 15.3 Å². The van der Waals surface area contributed by atoms with Crippen molar-refractivity contribution in [2.75, 3.05) is 11.5 Å². The highest BCUT2D eigenvalue weighted by Crippen LogP contribution is 2.51. The van der Waals surface area contributed by atoms with E-state index in [1.165, 1.54) is 11.1 Å². The second-order valence-electron chi connectivity index (χ2n) is 8.45. The number of hydrogen-bond donors (Lipinski definition) is 2. The number of hydrogen-bond acceptors (Lipinski definition) is 7. The first-order valence-corrected chi connectivity index (χ1v) is 13.0. The van der Waals surface area contributed by atoms with Gasteiger partial charge in [-0.1, -0.05) is 102 Å². The molecule has 1 fully saturated rings. The second kappa shape index (κ2) is 10.8. The van der Waals surface area contributed by atoms with Crippen LogP contribution in [-0.4, -0.2) is 37.6 Å². The molecule has 2 N–H and O–H groups in total. The van der Waals surface area contributed by atoms with E-state index in [4.69, 9.17) is 9.98 Å². The molecule has 3 heterocycles. The number of nitrogens with one attached hydrogen (secondary N) is 1. The summed E-state index contributed by atoms with van der Waals surface area (Å²) in [6.45, 7) is 0.758. The minimum atomic E-state index is -1.01. The largest absolute Gasteiger partial charge is 0.369 e. The molecule has 3 aromatic carbocycles. The highest BCUT2D eigenvalue weighted by Gasteiger charge is 2.53. The van der Waals surface area contributed by atoms with Crippen LogP contribution in [0.1, 0.15) is 28.8 Å². The van der Waals surface area contributed by atoms with Crippen LogP contribution in [0.2, 0.25) is 0 Å². The highest BCUT2D eigenvalue weighted by atomic mass is 35.5. The van der Waals surface area contributed by atoms with Gasteiger partial charge in [0.2, 0.25) is 0 Å². The van der Waals surface area contributed by atoms with E-state index in [-0.39, 0.29) is 36.9 Å². The van der Waals surface area contributed by atoms with Gasteiger partial charge in [-0.05, 0) is 22.8 Å². The van der Waals surface area contributed by atoms with Gasteiger partial charge in [-0.3, -0.25) is 4.99 Å². The SMILES string of the molecule is Cl.Cl.OC1(CSC2=Nc3ccccc3CN2)CSC2=N[C@@H](c3ccccc3)[C@H](c3ccccc3)N21. The Morgan fingerprint density at radius 1 is 0.943 bits per heavy atom. The van der Waals surface area contributed by atoms with E-state index >= 15 is 0 Å². The van der Waals surface area contributed by atoms with E-state index in [1.807, 2.05) is 30.3 Å². The van der Waals surface area contributed by atoms with Gasteiger partial charge >= 0.3 is 0 Å². The van der Waals surface area contributed by atoms with Crippen LogP contribution in [0.15, 0.2) is 94.9 Å². The number of halogens is 2. The molecule has 3 aliphatic heterocycles. The number of amidine groups is 2. The molecule has 0 radical (unpaired) electrons. The van der Waals surface area contributed by atoms with Gasteiger partial charge in [0.05, 0.1) is 11.7 Å². The van der Waals surface area contributed by atoms with E-state index in [1.54, 1.807) is 23.5 Å². The fourth-order valence-corrected chi connectivity index (χ4v) is 6.95. The van der Waals surface area contributed by atoms with Crippen molar-refractivity contribution >= 4 is 64.4 Å². The molecule has 0 amide bonds. The molecule has 9 heteroatoms. The molecule has 3 aromatic rings. The van der Waals surface area contributed by atoms with Gasteiger partial charge in [0.15, 0.2) is 16.1 Å². The summed E-state index contributed by atoms with van der Waals surface area (Å²) in [6.07, 6.45) is 0. The van der Waals surface area contributed by atoms with Crippen LogP contribution in [-0.2, 0) is 6.54 Å². The number of para-hydroxylation sites is 1. The first kappa shape index (κ1) is 25.9. The number of nitrogens with zero attached hydrogens (tertiary/aromatic N) is 3. The van der Waals surface area contributed by atoms with Crippen LogP contribution in [0.5, 0.6) is 0 Å². The number of thioether (sulfide) groups is 2. The zero-order valence-corrected chi connectivity index (χ0v) is 22.0. The van der Waals surface area contributed by atoms with Crippen molar-refractivity contribution in [3.63, 3.8) is 0 Å². The maximum absolute atomic E-state index is 11.9. The van der Waals surface area contributed by atoms with Crippen molar-refractivity contribution < 1.29 is 5.11 Å². The Bertz CT molecular complexity index is 1230. The lowest BCUT2D eigenvalue weighted by molar-refractivity contribution is -0.0394. The van der Waals surface area contributed by atoms with Crippen LogP contribution >= 0.6 is 48.3 Å². The summed E-state index contributed by atoms with van der Waals surface area (Å²) in [6, 6.07) is 28.9. The molecule has 5 nitrogen and oxygen atoms in total. The monoisotopic (exact) mass is 544 g/mol. The first-order valence-electron chi connectivity index (χ1n) is 11.1. The van der Waals surface area contributed by atoms with E-state index < -0.39 is 5.72 Å². The average molecular weight is 546 g/mol. The molecule has 35 heavy (non-hydrogen) atoms. The average Bonchev–Trinajstić information content (AvgIpc) is 3.42. The third-order valence-electron chi connectivity index (χ3n) is 6.28. The van der Waals surface area contributed by atoms with Crippen LogP contribution < -0.4 is 5.32 Å². The first-order chi connectivity index (χ1) is 16.2. The van der Waals surface area contributed by atoms with Gasteiger partial charge in [-0.2, -0.15) is 0 Å². The van der Waals surface area contributed by atoms with E-state index in [0.29, 0.717) is 11.5 Å². The Morgan fingerprint density at radius 2 is 1.60 bits per heavy atom. The van der Waals surface area contributed by atoms with Crippen molar-refractivity contribution in [3.05, 3.63) is 102 Å². The molecule has 6 rings (SSSR count). The maximum atomic E-state index is 11.9. The van der Waals surface area contributed by atoms with Gasteiger partial charge in [0.1, 0.15) is 6.04 Å². The minimum absolute atomic E-state index is 0. The zero-order chi connectivity index (χ0) is 22.3. The molecule has 182 valence electrons. The second-order valence-corrected chi connectivity index (χ2v) is 10.4. The Kier molecular flexibility index (Phi) is 8.03. The molecule has 0 saturated carbocycles. The third kappa shape index (κ3) is 4.93. The molecular formula is C26H26Cl2N4OS2. The van der Waals surface area contributed by atoms with Crippen molar-refractivity contribution in [3.8, 4) is 0 Å². The highest BCUT2D eigenvalue weighted by molar-refractivity contribution is 8.15. The van der Waals surface area contributed by atoms with Crippen LogP contribution in [0.4, 0.5) is 5.69 Å². The molecule has 0 spiro atoms. The molecule has 1 unspecified atom stereocenters. The van der Waals surface area contributed by atoms with Gasteiger partial charge in [-0.15, -0.1) is 24.8 Å². The maximum Gasteiger partial charge on any atom is 0.162 e. The predicted molar refractivity (Wildman–Crippen MR) is 152 cm³/mol. The molecule has 0 aliphatic carbocycles. The van der Waals surface area contributed by atoms with Gasteiger partial charge in [0, 0.05) is 18.1 Å². The van der Waals surface area contributed by atoms with Crippen molar-refractivity contribution in [1.29, 1.82) is 0 Å². The standard InChI is InChI=1S/C26H24N4OS2.2ClH/c31-26(16-32-24-27-15-20-13-7-8-14-21(20)28-24)17-33-25-29-22(18-9-3-1-4-10-18)23(30(25)26)19-11-5-2-6-12-19;;/h1-14,22-23,31H,15-17H2,(H,27,28);2*1H/t22-,23-,26?;;/m0../s1. The molecule has 0 aromatic heterocycles. The Labute approximate surface area is 226 Å². The van der Waals surface area contributed by atoms with Crippen LogP contribution in [0.3, 0.4) is 0 Å². The van der Waals surface area contributed by atoms with Crippen molar-refractivity contribution in [1.82, 2.24) is 10.2 Å². The summed E-state index contributed by atoms with van der Waals surface area (Å²) in [4.78, 5) is 12.0. The van der Waals surface area contributed by atoms with Crippen molar-refractivity contribution in [2.45, 2.75) is 24.4 Å². The fourth-order valence-electron chi connectivity index (χ4n) is 4.66. The van der Waals surface area contributed by atoms with E-state index in [9.17, 15) is 5.11 Å². The van der Waals surface area contributed by atoms with Crippen molar-refractivity contribution in [2.24, 2.45) is 9.98 Å².